The van der Waals surface area contributed by atoms with Gasteiger partial charge in [-0.25, -0.2) is 0 Å². The van der Waals surface area contributed by atoms with Crippen molar-refractivity contribution in [1.82, 2.24) is 9.78 Å². The standard InChI is InChI=1S/C9H14N2O/c1-7(2)4-11-5-8(3)9(6-12)10-11/h5-7H,4H2,1-3H3. The van der Waals surface area contributed by atoms with E-state index < -0.39 is 0 Å². The molecular formula is C9H14N2O. The minimum Gasteiger partial charge on any atom is -0.296 e. The molecule has 0 aliphatic rings. The molecule has 0 saturated carbocycles. The molecule has 0 spiro atoms. The van der Waals surface area contributed by atoms with Gasteiger partial charge in [-0.3, -0.25) is 9.48 Å². The van der Waals surface area contributed by atoms with E-state index in [1.807, 2.05) is 17.8 Å². The van der Waals surface area contributed by atoms with Gasteiger partial charge in [-0.2, -0.15) is 5.10 Å². The molecule has 66 valence electrons. The van der Waals surface area contributed by atoms with E-state index in [9.17, 15) is 4.79 Å². The third-order valence-corrected chi connectivity index (χ3v) is 1.65. The third kappa shape index (κ3) is 1.94. The minimum absolute atomic E-state index is 0.552. The molecule has 1 heterocycles. The van der Waals surface area contributed by atoms with E-state index in [0.717, 1.165) is 18.4 Å². The molecule has 0 bridgehead atoms. The van der Waals surface area contributed by atoms with Crippen LogP contribution in [-0.4, -0.2) is 16.1 Å². The second-order valence-electron chi connectivity index (χ2n) is 3.43. The van der Waals surface area contributed by atoms with Gasteiger partial charge in [0.05, 0.1) is 0 Å². The van der Waals surface area contributed by atoms with E-state index in [-0.39, 0.29) is 0 Å². The number of aryl methyl sites for hydroxylation is 1. The monoisotopic (exact) mass is 166 g/mol. The van der Waals surface area contributed by atoms with Crippen LogP contribution in [0.5, 0.6) is 0 Å². The zero-order chi connectivity index (χ0) is 9.14. The third-order valence-electron chi connectivity index (χ3n) is 1.65. The van der Waals surface area contributed by atoms with Gasteiger partial charge in [0.15, 0.2) is 6.29 Å². The van der Waals surface area contributed by atoms with Crippen LogP contribution in [0.2, 0.25) is 0 Å². The predicted octanol–water partition coefficient (Wildman–Crippen LogP) is 1.66. The Hall–Kier alpha value is -1.12. The molecule has 1 rings (SSSR count). The van der Waals surface area contributed by atoms with Gasteiger partial charge < -0.3 is 0 Å². The van der Waals surface area contributed by atoms with Crippen LogP contribution in [0.15, 0.2) is 6.20 Å². The lowest BCUT2D eigenvalue weighted by molar-refractivity contribution is 0.111. The zero-order valence-corrected chi connectivity index (χ0v) is 7.74. The van der Waals surface area contributed by atoms with Crippen LogP contribution in [0.4, 0.5) is 0 Å². The maximum atomic E-state index is 10.5. The molecule has 0 atom stereocenters. The van der Waals surface area contributed by atoms with Crippen molar-refractivity contribution in [3.8, 4) is 0 Å². The average molecular weight is 166 g/mol. The number of hydrogen-bond acceptors (Lipinski definition) is 2. The summed E-state index contributed by atoms with van der Waals surface area (Å²) >= 11 is 0. The van der Waals surface area contributed by atoms with E-state index in [1.54, 1.807) is 0 Å². The quantitative estimate of drug-likeness (QED) is 0.640. The Balaban J connectivity index is 2.82. The van der Waals surface area contributed by atoms with Crippen molar-refractivity contribution >= 4 is 6.29 Å². The first-order valence-electron chi connectivity index (χ1n) is 4.12. The Labute approximate surface area is 72.4 Å². The first-order chi connectivity index (χ1) is 5.63. The first-order valence-corrected chi connectivity index (χ1v) is 4.12. The molecule has 1 aromatic rings. The highest BCUT2D eigenvalue weighted by atomic mass is 16.1. The fourth-order valence-corrected chi connectivity index (χ4v) is 1.12. The van der Waals surface area contributed by atoms with Crippen molar-refractivity contribution < 1.29 is 4.79 Å². The minimum atomic E-state index is 0.552. The van der Waals surface area contributed by atoms with Crippen LogP contribution in [-0.2, 0) is 6.54 Å². The van der Waals surface area contributed by atoms with Gasteiger partial charge in [0.2, 0.25) is 0 Å². The summed E-state index contributed by atoms with van der Waals surface area (Å²) in [6, 6.07) is 0. The lowest BCUT2D eigenvalue weighted by atomic mass is 10.2. The Bertz CT molecular complexity index is 276. The van der Waals surface area contributed by atoms with Crippen molar-refractivity contribution in [2.24, 2.45) is 5.92 Å². The highest BCUT2D eigenvalue weighted by Crippen LogP contribution is 2.04. The molecule has 0 unspecified atom stereocenters. The molecule has 0 amide bonds. The lowest BCUT2D eigenvalue weighted by Gasteiger charge is -2.02. The number of carbonyl (C=O) groups is 1. The zero-order valence-electron chi connectivity index (χ0n) is 7.74. The van der Waals surface area contributed by atoms with Crippen molar-refractivity contribution in [3.05, 3.63) is 17.5 Å². The molecule has 1 aromatic heterocycles. The van der Waals surface area contributed by atoms with Crippen LogP contribution in [0, 0.1) is 12.8 Å². The SMILES string of the molecule is Cc1cn(CC(C)C)nc1C=O. The van der Waals surface area contributed by atoms with Crippen LogP contribution in [0.3, 0.4) is 0 Å². The molecule has 0 aliphatic heterocycles. The van der Waals surface area contributed by atoms with Crippen LogP contribution in [0.25, 0.3) is 0 Å². The number of aromatic nitrogens is 2. The van der Waals surface area contributed by atoms with E-state index in [0.29, 0.717) is 11.6 Å². The maximum Gasteiger partial charge on any atom is 0.170 e. The Morgan fingerprint density at radius 2 is 2.33 bits per heavy atom. The van der Waals surface area contributed by atoms with Crippen LogP contribution >= 0.6 is 0 Å². The molecule has 0 aliphatic carbocycles. The highest BCUT2D eigenvalue weighted by Gasteiger charge is 2.03. The number of hydrogen-bond donors (Lipinski definition) is 0. The summed E-state index contributed by atoms with van der Waals surface area (Å²) in [6.07, 6.45) is 2.70. The van der Waals surface area contributed by atoms with Crippen molar-refractivity contribution in [2.45, 2.75) is 27.3 Å². The molecule has 0 saturated heterocycles. The summed E-state index contributed by atoms with van der Waals surface area (Å²) in [5.74, 6) is 0.559. The average Bonchev–Trinajstić information content (AvgIpc) is 2.29. The van der Waals surface area contributed by atoms with Gasteiger partial charge >= 0.3 is 0 Å². The summed E-state index contributed by atoms with van der Waals surface area (Å²) in [6.45, 7) is 7.01. The number of rotatable bonds is 3. The smallest absolute Gasteiger partial charge is 0.170 e. The van der Waals surface area contributed by atoms with Crippen LogP contribution < -0.4 is 0 Å². The molecule has 0 aromatic carbocycles. The van der Waals surface area contributed by atoms with Gasteiger partial charge in [-0.05, 0) is 18.4 Å². The largest absolute Gasteiger partial charge is 0.296 e. The fraction of sp³-hybridized carbons (Fsp3) is 0.556. The Morgan fingerprint density at radius 1 is 1.67 bits per heavy atom. The second-order valence-corrected chi connectivity index (χ2v) is 3.43. The van der Waals surface area contributed by atoms with Crippen molar-refractivity contribution in [1.29, 1.82) is 0 Å². The molecule has 0 fully saturated rings. The highest BCUT2D eigenvalue weighted by molar-refractivity contribution is 5.73. The van der Waals surface area contributed by atoms with Crippen molar-refractivity contribution in [2.75, 3.05) is 0 Å². The van der Waals surface area contributed by atoms with Gasteiger partial charge in [0, 0.05) is 12.7 Å². The van der Waals surface area contributed by atoms with Gasteiger partial charge in [-0.15, -0.1) is 0 Å². The summed E-state index contributed by atoms with van der Waals surface area (Å²) < 4.78 is 1.82. The molecule has 3 nitrogen and oxygen atoms in total. The first kappa shape index (κ1) is 8.97. The van der Waals surface area contributed by atoms with Crippen molar-refractivity contribution in [3.63, 3.8) is 0 Å². The molecule has 0 N–H and O–H groups in total. The van der Waals surface area contributed by atoms with E-state index in [1.165, 1.54) is 0 Å². The van der Waals surface area contributed by atoms with E-state index in [4.69, 9.17) is 0 Å². The number of nitrogens with zero attached hydrogens (tertiary/aromatic N) is 2. The molecule has 12 heavy (non-hydrogen) atoms. The summed E-state index contributed by atoms with van der Waals surface area (Å²) in [4.78, 5) is 10.5. The maximum absolute atomic E-state index is 10.5. The Kier molecular flexibility index (Phi) is 2.63. The second kappa shape index (κ2) is 3.52. The van der Waals surface area contributed by atoms with Gasteiger partial charge in [0.25, 0.3) is 0 Å². The van der Waals surface area contributed by atoms with Gasteiger partial charge in [-0.1, -0.05) is 13.8 Å². The summed E-state index contributed by atoms with van der Waals surface area (Å²) in [7, 11) is 0. The Morgan fingerprint density at radius 3 is 2.75 bits per heavy atom. The van der Waals surface area contributed by atoms with E-state index in [2.05, 4.69) is 18.9 Å². The van der Waals surface area contributed by atoms with Crippen LogP contribution in [0.1, 0.15) is 29.9 Å². The molecule has 3 heteroatoms. The fourth-order valence-electron chi connectivity index (χ4n) is 1.12. The molecular weight excluding hydrogens is 152 g/mol. The summed E-state index contributed by atoms with van der Waals surface area (Å²) in [5.41, 5.74) is 1.50. The van der Waals surface area contributed by atoms with Gasteiger partial charge in [0.1, 0.15) is 5.69 Å². The molecule has 0 radical (unpaired) electrons. The number of carbonyl (C=O) groups excluding carboxylic acids is 1. The topological polar surface area (TPSA) is 34.9 Å². The predicted molar refractivity (Wildman–Crippen MR) is 47.2 cm³/mol. The van der Waals surface area contributed by atoms with E-state index >= 15 is 0 Å². The number of aldehydes is 1. The summed E-state index contributed by atoms with van der Waals surface area (Å²) in [5, 5.41) is 4.12. The lowest BCUT2D eigenvalue weighted by Crippen LogP contribution is -2.04. The normalized spacial score (nSPS) is 10.7.